The summed E-state index contributed by atoms with van der Waals surface area (Å²) >= 11 is 3.44. The summed E-state index contributed by atoms with van der Waals surface area (Å²) in [4.78, 5) is 16.3. The van der Waals surface area contributed by atoms with Gasteiger partial charge in [-0.3, -0.25) is 0 Å². The Hall–Kier alpha value is -2.67. The quantitative estimate of drug-likeness (QED) is 0.534. The lowest BCUT2D eigenvalue weighted by molar-refractivity contribution is -0.129. The normalized spacial score (nSPS) is 15.0. The first-order valence-electron chi connectivity index (χ1n) is 7.80. The molecular weight excluding hydrogens is 405 g/mol. The van der Waals surface area contributed by atoms with E-state index in [9.17, 15) is 9.18 Å². The van der Waals surface area contributed by atoms with Crippen molar-refractivity contribution >= 4 is 33.9 Å². The van der Waals surface area contributed by atoms with E-state index >= 15 is 0 Å². The third-order valence-corrected chi connectivity index (χ3v) is 4.14. The van der Waals surface area contributed by atoms with Crippen molar-refractivity contribution in [3.63, 3.8) is 0 Å². The molecule has 134 valence electrons. The van der Waals surface area contributed by atoms with Crippen LogP contribution in [0.25, 0.3) is 6.08 Å². The zero-order chi connectivity index (χ0) is 18.7. The third-order valence-electron chi connectivity index (χ3n) is 3.56. The zero-order valence-electron chi connectivity index (χ0n) is 14.1. The highest BCUT2D eigenvalue weighted by Crippen LogP contribution is 2.37. The molecule has 1 aliphatic heterocycles. The highest BCUT2D eigenvalue weighted by Gasteiger charge is 2.24. The molecule has 0 amide bonds. The lowest BCUT2D eigenvalue weighted by atomic mass is 10.1. The molecule has 0 spiro atoms. The summed E-state index contributed by atoms with van der Waals surface area (Å²) in [5.41, 5.74) is 1.35. The van der Waals surface area contributed by atoms with E-state index in [2.05, 4.69) is 20.9 Å². The summed E-state index contributed by atoms with van der Waals surface area (Å²) in [6.45, 7) is 2.37. The number of hydrogen-bond acceptors (Lipinski definition) is 5. The van der Waals surface area contributed by atoms with Crippen LogP contribution in [0.15, 0.2) is 51.6 Å². The molecule has 0 N–H and O–H groups in total. The highest BCUT2D eigenvalue weighted by molar-refractivity contribution is 9.10. The largest absolute Gasteiger partial charge is 0.493 e. The summed E-state index contributed by atoms with van der Waals surface area (Å²) in [6, 6.07) is 9.09. The zero-order valence-corrected chi connectivity index (χ0v) is 15.7. The van der Waals surface area contributed by atoms with Gasteiger partial charge in [-0.25, -0.2) is 14.2 Å². The van der Waals surface area contributed by atoms with Gasteiger partial charge in [-0.1, -0.05) is 0 Å². The van der Waals surface area contributed by atoms with Gasteiger partial charge in [-0.2, -0.15) is 0 Å². The maximum Gasteiger partial charge on any atom is 0.363 e. The molecule has 7 heteroatoms. The highest BCUT2D eigenvalue weighted by atomic mass is 79.9. The monoisotopic (exact) mass is 419 g/mol. The molecule has 1 aliphatic rings. The van der Waals surface area contributed by atoms with Crippen molar-refractivity contribution in [2.24, 2.45) is 4.99 Å². The third kappa shape index (κ3) is 3.77. The van der Waals surface area contributed by atoms with Crippen molar-refractivity contribution in [3.05, 3.63) is 63.5 Å². The van der Waals surface area contributed by atoms with Crippen LogP contribution in [0.2, 0.25) is 0 Å². The van der Waals surface area contributed by atoms with Crippen LogP contribution in [-0.2, 0) is 9.53 Å². The predicted octanol–water partition coefficient (Wildman–Crippen LogP) is 4.34. The minimum absolute atomic E-state index is 0.137. The average Bonchev–Trinajstić information content (AvgIpc) is 2.98. The van der Waals surface area contributed by atoms with E-state index in [1.54, 1.807) is 18.2 Å². The molecule has 0 aromatic heterocycles. The van der Waals surface area contributed by atoms with E-state index in [1.807, 2.05) is 6.92 Å². The van der Waals surface area contributed by atoms with Gasteiger partial charge in [0.25, 0.3) is 0 Å². The van der Waals surface area contributed by atoms with E-state index in [1.165, 1.54) is 31.4 Å². The summed E-state index contributed by atoms with van der Waals surface area (Å²) in [5.74, 6) is 0.302. The van der Waals surface area contributed by atoms with Crippen LogP contribution in [0.4, 0.5) is 4.39 Å². The minimum Gasteiger partial charge on any atom is -0.493 e. The lowest BCUT2D eigenvalue weighted by Crippen LogP contribution is -2.05. The molecule has 1 heterocycles. The summed E-state index contributed by atoms with van der Waals surface area (Å²) in [6.07, 6.45) is 1.59. The Morgan fingerprint density at radius 3 is 2.65 bits per heavy atom. The number of ether oxygens (including phenoxy) is 3. The van der Waals surface area contributed by atoms with Crippen molar-refractivity contribution in [1.29, 1.82) is 0 Å². The number of halogens is 2. The number of rotatable bonds is 5. The van der Waals surface area contributed by atoms with Crippen LogP contribution in [0.5, 0.6) is 11.5 Å². The topological polar surface area (TPSA) is 57.1 Å². The Labute approximate surface area is 158 Å². The molecule has 2 aromatic rings. The first kappa shape index (κ1) is 18.1. The lowest BCUT2D eigenvalue weighted by Gasteiger charge is -2.12. The second-order valence-corrected chi connectivity index (χ2v) is 6.16. The van der Waals surface area contributed by atoms with Crippen LogP contribution < -0.4 is 9.47 Å². The molecule has 0 bridgehead atoms. The Kier molecular flexibility index (Phi) is 5.37. The second kappa shape index (κ2) is 7.70. The first-order chi connectivity index (χ1) is 12.5. The Morgan fingerprint density at radius 2 is 2.00 bits per heavy atom. The van der Waals surface area contributed by atoms with Crippen LogP contribution in [0.1, 0.15) is 18.1 Å². The van der Waals surface area contributed by atoms with Gasteiger partial charge in [0.15, 0.2) is 17.2 Å². The molecule has 0 saturated heterocycles. The van der Waals surface area contributed by atoms with Crippen molar-refractivity contribution < 1.29 is 23.4 Å². The maximum atomic E-state index is 13.0. The summed E-state index contributed by atoms with van der Waals surface area (Å²) in [7, 11) is 1.54. The van der Waals surface area contributed by atoms with Crippen molar-refractivity contribution in [2.75, 3.05) is 13.7 Å². The average molecular weight is 420 g/mol. The second-order valence-electron chi connectivity index (χ2n) is 5.31. The van der Waals surface area contributed by atoms with Crippen molar-refractivity contribution in [2.45, 2.75) is 6.92 Å². The van der Waals surface area contributed by atoms with E-state index in [4.69, 9.17) is 14.2 Å². The Morgan fingerprint density at radius 1 is 1.27 bits per heavy atom. The van der Waals surface area contributed by atoms with Crippen LogP contribution >= 0.6 is 15.9 Å². The SMILES string of the molecule is CCOc1c(Br)cc(/C=C2\N=C(c3ccc(F)cc3)OC2=O)cc1OC. The minimum atomic E-state index is -0.576. The number of aliphatic imine (C=N–C) groups is 1. The van der Waals surface area contributed by atoms with E-state index < -0.39 is 5.97 Å². The molecule has 0 fully saturated rings. The Balaban J connectivity index is 1.95. The number of benzene rings is 2. The number of hydrogen-bond donors (Lipinski definition) is 0. The fraction of sp³-hybridized carbons (Fsp3) is 0.158. The van der Waals surface area contributed by atoms with Gasteiger partial charge in [0.1, 0.15) is 5.82 Å². The van der Waals surface area contributed by atoms with Gasteiger partial charge >= 0.3 is 5.97 Å². The van der Waals surface area contributed by atoms with Gasteiger partial charge < -0.3 is 14.2 Å². The number of carbonyl (C=O) groups is 1. The van der Waals surface area contributed by atoms with Crippen LogP contribution in [0.3, 0.4) is 0 Å². The summed E-state index contributed by atoms with van der Waals surface area (Å²) in [5, 5.41) is 0. The smallest absolute Gasteiger partial charge is 0.363 e. The fourth-order valence-corrected chi connectivity index (χ4v) is 2.96. The van der Waals surface area contributed by atoms with Gasteiger partial charge in [-0.15, -0.1) is 0 Å². The molecule has 0 radical (unpaired) electrons. The van der Waals surface area contributed by atoms with E-state index in [0.29, 0.717) is 33.7 Å². The van der Waals surface area contributed by atoms with Gasteiger partial charge in [0, 0.05) is 5.56 Å². The molecule has 0 atom stereocenters. The molecule has 2 aromatic carbocycles. The van der Waals surface area contributed by atoms with Gasteiger partial charge in [-0.05, 0) is 70.9 Å². The van der Waals surface area contributed by atoms with Gasteiger partial charge in [0.2, 0.25) is 5.90 Å². The van der Waals surface area contributed by atoms with Crippen molar-refractivity contribution in [3.8, 4) is 11.5 Å². The molecule has 0 aliphatic carbocycles. The summed E-state index contributed by atoms with van der Waals surface area (Å²) < 4.78 is 29.8. The van der Waals surface area contributed by atoms with Crippen molar-refractivity contribution in [1.82, 2.24) is 0 Å². The van der Waals surface area contributed by atoms with E-state index in [0.717, 1.165) is 0 Å². The molecule has 26 heavy (non-hydrogen) atoms. The molecule has 0 unspecified atom stereocenters. The fourth-order valence-electron chi connectivity index (χ4n) is 2.39. The van der Waals surface area contributed by atoms with Gasteiger partial charge in [0.05, 0.1) is 18.2 Å². The Bertz CT molecular complexity index is 907. The van der Waals surface area contributed by atoms with E-state index in [-0.39, 0.29) is 17.4 Å². The number of carbonyl (C=O) groups excluding carboxylic acids is 1. The molecular formula is C19H15BrFNO4. The first-order valence-corrected chi connectivity index (χ1v) is 8.60. The maximum absolute atomic E-state index is 13.0. The van der Waals surface area contributed by atoms with Crippen LogP contribution in [-0.4, -0.2) is 25.6 Å². The molecule has 3 rings (SSSR count). The number of nitrogens with zero attached hydrogens (tertiary/aromatic N) is 1. The predicted molar refractivity (Wildman–Crippen MR) is 98.9 cm³/mol. The molecule has 0 saturated carbocycles. The van der Waals surface area contributed by atoms with Crippen LogP contribution in [0, 0.1) is 5.82 Å². The molecule has 5 nitrogen and oxygen atoms in total. The number of cyclic esters (lactones) is 1. The number of esters is 1. The standard InChI is InChI=1S/C19H15BrFNO4/c1-3-25-17-14(20)8-11(10-16(17)24-2)9-15-19(23)26-18(22-15)12-4-6-13(21)7-5-12/h4-10H,3H2,1-2H3/b15-9-. The number of methoxy groups -OCH3 is 1.